The van der Waals surface area contributed by atoms with Gasteiger partial charge in [-0.05, 0) is 12.1 Å². The Kier molecular flexibility index (Phi) is 3.40. The van der Waals surface area contributed by atoms with E-state index in [1.165, 1.54) is 6.07 Å². The summed E-state index contributed by atoms with van der Waals surface area (Å²) in [4.78, 5) is 10.8. The van der Waals surface area contributed by atoms with Crippen molar-refractivity contribution in [2.75, 3.05) is 13.2 Å². The minimum atomic E-state index is -1.72. The molecule has 6 heteroatoms. The van der Waals surface area contributed by atoms with E-state index in [-0.39, 0.29) is 16.3 Å². The van der Waals surface area contributed by atoms with Gasteiger partial charge in [0, 0.05) is 6.42 Å². The molecule has 1 aliphatic rings. The summed E-state index contributed by atoms with van der Waals surface area (Å²) in [6.07, 6.45) is -1.03. The van der Waals surface area contributed by atoms with E-state index >= 15 is 0 Å². The molecule has 0 aliphatic carbocycles. The highest BCUT2D eigenvalue weighted by atomic mass is 35.5. The predicted octanol–water partition coefficient (Wildman–Crippen LogP) is 1.62. The van der Waals surface area contributed by atoms with Crippen LogP contribution in [0, 0.1) is 0 Å². The van der Waals surface area contributed by atoms with Gasteiger partial charge >= 0.3 is 5.97 Å². The first kappa shape index (κ1) is 12.0. The third kappa shape index (κ3) is 2.30. The molecular formula is C11H11ClO5. The van der Waals surface area contributed by atoms with E-state index < -0.39 is 12.1 Å². The van der Waals surface area contributed by atoms with Gasteiger partial charge in [0.15, 0.2) is 17.6 Å². The Balaban J connectivity index is 2.52. The lowest BCUT2D eigenvalue weighted by molar-refractivity contribution is -0.147. The fraction of sp³-hybridized carbons (Fsp3) is 0.364. The van der Waals surface area contributed by atoms with Gasteiger partial charge in [-0.1, -0.05) is 11.6 Å². The molecule has 1 heterocycles. The highest BCUT2D eigenvalue weighted by Crippen LogP contribution is 2.41. The Morgan fingerprint density at radius 1 is 1.35 bits per heavy atom. The Labute approximate surface area is 103 Å². The van der Waals surface area contributed by atoms with Crippen molar-refractivity contribution in [2.45, 2.75) is 12.5 Å². The molecule has 2 N–H and O–H groups in total. The predicted molar refractivity (Wildman–Crippen MR) is 59.7 cm³/mol. The minimum Gasteiger partial charge on any atom is -0.490 e. The summed E-state index contributed by atoms with van der Waals surface area (Å²) >= 11 is 5.89. The Bertz CT molecular complexity index is 446. The average molecular weight is 259 g/mol. The summed E-state index contributed by atoms with van der Waals surface area (Å²) in [5, 5.41) is 18.6. The van der Waals surface area contributed by atoms with Crippen molar-refractivity contribution in [3.05, 3.63) is 22.7 Å². The number of carbonyl (C=O) groups is 1. The van der Waals surface area contributed by atoms with Gasteiger partial charge in [-0.2, -0.15) is 0 Å². The number of ether oxygens (including phenoxy) is 2. The maximum atomic E-state index is 10.8. The van der Waals surface area contributed by atoms with Crippen molar-refractivity contribution in [2.24, 2.45) is 0 Å². The lowest BCUT2D eigenvalue weighted by atomic mass is 10.1. The SMILES string of the molecule is O=C(O)C(O)c1c(Cl)ccc2c1OCCCO2. The molecule has 1 aliphatic heterocycles. The number of benzene rings is 1. The molecular weight excluding hydrogens is 248 g/mol. The second kappa shape index (κ2) is 4.81. The number of hydrogen-bond acceptors (Lipinski definition) is 4. The maximum absolute atomic E-state index is 10.8. The van der Waals surface area contributed by atoms with Crippen LogP contribution in [0.1, 0.15) is 18.1 Å². The van der Waals surface area contributed by atoms with E-state index in [9.17, 15) is 9.90 Å². The van der Waals surface area contributed by atoms with Crippen LogP contribution in [0.25, 0.3) is 0 Å². The zero-order chi connectivity index (χ0) is 12.4. The molecule has 1 aromatic carbocycles. The van der Waals surface area contributed by atoms with Crippen molar-refractivity contribution in [3.8, 4) is 11.5 Å². The lowest BCUT2D eigenvalue weighted by Gasteiger charge is -2.15. The van der Waals surface area contributed by atoms with Crippen LogP contribution in [0.2, 0.25) is 5.02 Å². The van der Waals surface area contributed by atoms with Gasteiger partial charge in [-0.3, -0.25) is 0 Å². The first-order valence-electron chi connectivity index (χ1n) is 5.10. The van der Waals surface area contributed by atoms with Crippen LogP contribution in [0.5, 0.6) is 11.5 Å². The molecule has 0 saturated carbocycles. The zero-order valence-electron chi connectivity index (χ0n) is 8.85. The number of aliphatic carboxylic acids is 1. The molecule has 0 bridgehead atoms. The normalized spacial score (nSPS) is 16.1. The number of fused-ring (bicyclic) bond motifs is 1. The van der Waals surface area contributed by atoms with Crippen molar-refractivity contribution in [1.82, 2.24) is 0 Å². The average Bonchev–Trinajstić information content (AvgIpc) is 2.53. The zero-order valence-corrected chi connectivity index (χ0v) is 9.61. The third-order valence-electron chi connectivity index (χ3n) is 2.41. The number of carboxylic acids is 1. The van der Waals surface area contributed by atoms with E-state index in [4.69, 9.17) is 26.2 Å². The van der Waals surface area contributed by atoms with Crippen molar-refractivity contribution in [3.63, 3.8) is 0 Å². The quantitative estimate of drug-likeness (QED) is 0.843. The maximum Gasteiger partial charge on any atom is 0.337 e. The summed E-state index contributed by atoms with van der Waals surface area (Å²) in [7, 11) is 0. The number of rotatable bonds is 2. The van der Waals surface area contributed by atoms with Gasteiger partial charge < -0.3 is 19.7 Å². The van der Waals surface area contributed by atoms with Crippen LogP contribution >= 0.6 is 11.6 Å². The van der Waals surface area contributed by atoms with Crippen molar-refractivity contribution < 1.29 is 24.5 Å². The van der Waals surface area contributed by atoms with E-state index in [1.807, 2.05) is 0 Å². The van der Waals surface area contributed by atoms with E-state index in [0.29, 0.717) is 25.4 Å². The van der Waals surface area contributed by atoms with Crippen molar-refractivity contribution >= 4 is 17.6 Å². The highest BCUT2D eigenvalue weighted by Gasteiger charge is 2.27. The molecule has 0 aromatic heterocycles. The molecule has 92 valence electrons. The van der Waals surface area contributed by atoms with Crippen LogP contribution < -0.4 is 9.47 Å². The topological polar surface area (TPSA) is 76.0 Å². The first-order chi connectivity index (χ1) is 8.11. The number of halogens is 1. The van der Waals surface area contributed by atoms with Gasteiger partial charge in [-0.15, -0.1) is 0 Å². The molecule has 0 amide bonds. The minimum absolute atomic E-state index is 0.0403. The lowest BCUT2D eigenvalue weighted by Crippen LogP contribution is -2.13. The summed E-state index contributed by atoms with van der Waals surface area (Å²) < 4.78 is 10.8. The van der Waals surface area contributed by atoms with Crippen LogP contribution in [0.15, 0.2) is 12.1 Å². The van der Waals surface area contributed by atoms with Gasteiger partial charge in [0.2, 0.25) is 0 Å². The molecule has 1 aromatic rings. The summed E-state index contributed by atoms with van der Waals surface area (Å²) in [5.74, 6) is -0.764. The van der Waals surface area contributed by atoms with Gasteiger partial charge in [0.1, 0.15) is 0 Å². The van der Waals surface area contributed by atoms with Crippen LogP contribution in [-0.2, 0) is 4.79 Å². The monoisotopic (exact) mass is 258 g/mol. The molecule has 0 saturated heterocycles. The van der Waals surface area contributed by atoms with Gasteiger partial charge in [-0.25, -0.2) is 4.79 Å². The molecule has 1 unspecified atom stereocenters. The number of carboxylic acid groups (broad SMARTS) is 1. The van der Waals surface area contributed by atoms with E-state index in [1.54, 1.807) is 6.07 Å². The second-order valence-electron chi connectivity index (χ2n) is 3.58. The summed E-state index contributed by atoms with van der Waals surface area (Å²) in [5.41, 5.74) is 0.0403. The highest BCUT2D eigenvalue weighted by molar-refractivity contribution is 6.32. The molecule has 0 fully saturated rings. The standard InChI is InChI=1S/C11H11ClO5/c12-6-2-3-7-10(17-5-1-4-16-7)8(6)9(13)11(14)15/h2-3,9,13H,1,4-5H2,(H,14,15). The van der Waals surface area contributed by atoms with Gasteiger partial charge in [0.05, 0.1) is 23.8 Å². The Hall–Kier alpha value is -1.46. The molecule has 5 nitrogen and oxygen atoms in total. The largest absolute Gasteiger partial charge is 0.490 e. The second-order valence-corrected chi connectivity index (χ2v) is 3.99. The summed E-state index contributed by atoms with van der Waals surface area (Å²) in [6, 6.07) is 3.08. The Morgan fingerprint density at radius 3 is 2.76 bits per heavy atom. The molecule has 2 rings (SSSR count). The van der Waals surface area contributed by atoms with Crippen LogP contribution in [0.3, 0.4) is 0 Å². The van der Waals surface area contributed by atoms with E-state index in [0.717, 1.165) is 0 Å². The number of aliphatic hydroxyl groups is 1. The van der Waals surface area contributed by atoms with Crippen molar-refractivity contribution in [1.29, 1.82) is 0 Å². The van der Waals surface area contributed by atoms with Crippen LogP contribution in [0.4, 0.5) is 0 Å². The smallest absolute Gasteiger partial charge is 0.337 e. The van der Waals surface area contributed by atoms with Crippen LogP contribution in [-0.4, -0.2) is 29.4 Å². The Morgan fingerprint density at radius 2 is 2.06 bits per heavy atom. The molecule has 1 atom stereocenters. The summed E-state index contributed by atoms with van der Waals surface area (Å²) in [6.45, 7) is 0.879. The fourth-order valence-electron chi connectivity index (χ4n) is 1.61. The third-order valence-corrected chi connectivity index (χ3v) is 2.74. The first-order valence-corrected chi connectivity index (χ1v) is 5.48. The van der Waals surface area contributed by atoms with E-state index in [2.05, 4.69) is 0 Å². The number of aliphatic hydroxyl groups excluding tert-OH is 1. The molecule has 0 radical (unpaired) electrons. The number of hydrogen-bond donors (Lipinski definition) is 2. The molecule has 17 heavy (non-hydrogen) atoms. The molecule has 0 spiro atoms. The van der Waals surface area contributed by atoms with Gasteiger partial charge in [0.25, 0.3) is 0 Å². The fourth-order valence-corrected chi connectivity index (χ4v) is 1.86.